The van der Waals surface area contributed by atoms with Crippen LogP contribution in [-0.2, 0) is 26.1 Å². The van der Waals surface area contributed by atoms with Gasteiger partial charge in [-0.15, -0.1) is 0 Å². The topological polar surface area (TPSA) is 96.0 Å². The number of carbonyl (C=O) groups excluding carboxylic acids is 2. The second-order valence-electron chi connectivity index (χ2n) is 8.30. The van der Waals surface area contributed by atoms with Gasteiger partial charge in [-0.25, -0.2) is 13.2 Å². The number of ether oxygens (including phenoxy) is 1. The highest BCUT2D eigenvalue weighted by atomic mass is 32.2. The zero-order valence-corrected chi connectivity index (χ0v) is 20.9. The van der Waals surface area contributed by atoms with E-state index in [2.05, 4.69) is 5.32 Å². The number of anilines is 1. The minimum absolute atomic E-state index is 0.0370. The molecule has 0 spiro atoms. The van der Waals surface area contributed by atoms with Crippen molar-refractivity contribution >= 4 is 27.6 Å². The number of nitrogens with one attached hydrogen (secondary N) is 1. The summed E-state index contributed by atoms with van der Waals surface area (Å²) in [6, 6.07) is 12.3. The van der Waals surface area contributed by atoms with Gasteiger partial charge in [0.2, 0.25) is 10.0 Å². The smallest absolute Gasteiger partial charge is 0.340 e. The number of nitrogens with zero attached hydrogens (tertiary/aromatic N) is 2. The number of hydrogen-bond acceptors (Lipinski definition) is 6. The molecule has 1 aliphatic heterocycles. The van der Waals surface area contributed by atoms with E-state index in [1.807, 2.05) is 36.1 Å². The Morgan fingerprint density at radius 3 is 2.29 bits per heavy atom. The Morgan fingerprint density at radius 1 is 1.03 bits per heavy atom. The lowest BCUT2D eigenvalue weighted by Crippen LogP contribution is -2.31. The third-order valence-corrected chi connectivity index (χ3v) is 7.97. The van der Waals surface area contributed by atoms with Gasteiger partial charge in [0.25, 0.3) is 5.91 Å². The molecule has 1 N–H and O–H groups in total. The Bertz CT molecular complexity index is 1110. The summed E-state index contributed by atoms with van der Waals surface area (Å²) in [6.45, 7) is 7.61. The van der Waals surface area contributed by atoms with Crippen LogP contribution in [0.4, 0.5) is 5.69 Å². The lowest BCUT2D eigenvalue weighted by molar-refractivity contribution is -0.124. The predicted molar refractivity (Wildman–Crippen MR) is 131 cm³/mol. The second-order valence-corrected chi connectivity index (χ2v) is 10.2. The van der Waals surface area contributed by atoms with E-state index in [4.69, 9.17) is 4.74 Å². The average molecular weight is 488 g/mol. The lowest BCUT2D eigenvalue weighted by atomic mass is 10.1. The van der Waals surface area contributed by atoms with Crippen LogP contribution < -0.4 is 10.2 Å². The molecule has 9 heteroatoms. The molecule has 2 aromatic rings. The van der Waals surface area contributed by atoms with E-state index in [-0.39, 0.29) is 10.5 Å². The molecule has 1 amide bonds. The molecule has 2 aromatic carbocycles. The summed E-state index contributed by atoms with van der Waals surface area (Å²) < 4.78 is 32.6. The van der Waals surface area contributed by atoms with Gasteiger partial charge in [0.1, 0.15) is 0 Å². The summed E-state index contributed by atoms with van der Waals surface area (Å²) in [4.78, 5) is 27.3. The van der Waals surface area contributed by atoms with Gasteiger partial charge < -0.3 is 15.0 Å². The molecule has 3 rings (SSSR count). The molecule has 1 heterocycles. The molecule has 184 valence electrons. The summed E-state index contributed by atoms with van der Waals surface area (Å²) in [5.41, 5.74) is 2.85. The first kappa shape index (κ1) is 25.7. The van der Waals surface area contributed by atoms with Gasteiger partial charge >= 0.3 is 5.97 Å². The first-order valence-electron chi connectivity index (χ1n) is 11.6. The van der Waals surface area contributed by atoms with Crippen molar-refractivity contribution in [2.75, 3.05) is 37.7 Å². The highest BCUT2D eigenvalue weighted by Crippen LogP contribution is 2.29. The van der Waals surface area contributed by atoms with Crippen molar-refractivity contribution in [3.05, 3.63) is 59.2 Å². The van der Waals surface area contributed by atoms with Gasteiger partial charge in [-0.1, -0.05) is 43.7 Å². The number of sulfonamides is 1. The molecule has 1 aliphatic rings. The van der Waals surface area contributed by atoms with E-state index in [0.29, 0.717) is 25.3 Å². The van der Waals surface area contributed by atoms with Crippen LogP contribution in [0.2, 0.25) is 0 Å². The molecule has 0 aromatic heterocycles. The largest absolute Gasteiger partial charge is 0.452 e. The van der Waals surface area contributed by atoms with Gasteiger partial charge in [0.05, 0.1) is 16.1 Å². The Kier molecular flexibility index (Phi) is 8.68. The van der Waals surface area contributed by atoms with Gasteiger partial charge in [-0.05, 0) is 43.5 Å². The van der Waals surface area contributed by atoms with Crippen LogP contribution in [0.1, 0.15) is 48.2 Å². The van der Waals surface area contributed by atoms with Crippen LogP contribution in [0, 0.1) is 6.92 Å². The zero-order valence-electron chi connectivity index (χ0n) is 20.0. The Labute approximate surface area is 201 Å². The van der Waals surface area contributed by atoms with Crippen LogP contribution in [0.5, 0.6) is 0 Å². The Morgan fingerprint density at radius 2 is 1.68 bits per heavy atom. The average Bonchev–Trinajstić information content (AvgIpc) is 3.37. The van der Waals surface area contributed by atoms with Crippen molar-refractivity contribution in [2.24, 2.45) is 0 Å². The molecular weight excluding hydrogens is 454 g/mol. The molecule has 0 saturated carbocycles. The third kappa shape index (κ3) is 6.15. The SMILES string of the molecule is CCN(CC)S(=O)(=O)c1ccc(N2CCCC2)c(C(=O)OCC(=O)NCc2ccc(C)cc2)c1. The maximum atomic E-state index is 13.0. The quantitative estimate of drug-likeness (QED) is 0.518. The number of benzene rings is 2. The Balaban J connectivity index is 1.75. The summed E-state index contributed by atoms with van der Waals surface area (Å²) in [7, 11) is -3.74. The first-order valence-corrected chi connectivity index (χ1v) is 13.1. The van der Waals surface area contributed by atoms with Gasteiger partial charge in [0, 0.05) is 32.7 Å². The van der Waals surface area contributed by atoms with Gasteiger partial charge in [-0.2, -0.15) is 4.31 Å². The standard InChI is InChI=1S/C25H33N3O5S/c1-4-28(5-2)34(31,32)21-12-13-23(27-14-6-7-15-27)22(16-21)25(30)33-18-24(29)26-17-20-10-8-19(3)9-11-20/h8-13,16H,4-7,14-15,17-18H2,1-3H3,(H,26,29). The van der Waals surface area contributed by atoms with Crippen molar-refractivity contribution in [3.8, 4) is 0 Å². The summed E-state index contributed by atoms with van der Waals surface area (Å²) in [5, 5.41) is 2.73. The lowest BCUT2D eigenvalue weighted by Gasteiger charge is -2.23. The van der Waals surface area contributed by atoms with Gasteiger partial charge in [0.15, 0.2) is 6.61 Å². The molecule has 34 heavy (non-hydrogen) atoms. The summed E-state index contributed by atoms with van der Waals surface area (Å²) in [6.07, 6.45) is 1.99. The molecule has 1 fully saturated rings. The predicted octanol–water partition coefficient (Wildman–Crippen LogP) is 3.10. The van der Waals surface area contributed by atoms with E-state index in [0.717, 1.165) is 37.1 Å². The molecule has 0 unspecified atom stereocenters. The van der Waals surface area contributed by atoms with Crippen LogP contribution in [-0.4, -0.2) is 57.4 Å². The number of amides is 1. The molecule has 8 nitrogen and oxygen atoms in total. The van der Waals surface area contributed by atoms with Crippen molar-refractivity contribution in [3.63, 3.8) is 0 Å². The molecule has 0 atom stereocenters. The summed E-state index contributed by atoms with van der Waals surface area (Å²) >= 11 is 0. The monoisotopic (exact) mass is 487 g/mol. The van der Waals surface area contributed by atoms with E-state index in [9.17, 15) is 18.0 Å². The molecule has 0 radical (unpaired) electrons. The number of rotatable bonds is 10. The maximum Gasteiger partial charge on any atom is 0.340 e. The van der Waals surface area contributed by atoms with Gasteiger partial charge in [-0.3, -0.25) is 4.79 Å². The van der Waals surface area contributed by atoms with Crippen molar-refractivity contribution in [1.29, 1.82) is 0 Å². The normalized spacial score (nSPS) is 13.8. The van der Waals surface area contributed by atoms with Crippen LogP contribution in [0.25, 0.3) is 0 Å². The zero-order chi connectivity index (χ0) is 24.7. The van der Waals surface area contributed by atoms with Crippen molar-refractivity contribution in [2.45, 2.75) is 45.1 Å². The number of aryl methyl sites for hydroxylation is 1. The number of esters is 1. The first-order chi connectivity index (χ1) is 16.3. The summed E-state index contributed by atoms with van der Waals surface area (Å²) in [5.74, 6) is -1.15. The van der Waals surface area contributed by atoms with Crippen molar-refractivity contribution in [1.82, 2.24) is 9.62 Å². The second kappa shape index (κ2) is 11.5. The molecule has 1 saturated heterocycles. The highest BCUT2D eigenvalue weighted by Gasteiger charge is 2.27. The van der Waals surface area contributed by atoms with Crippen LogP contribution in [0.3, 0.4) is 0 Å². The minimum atomic E-state index is -3.74. The van der Waals surface area contributed by atoms with E-state index >= 15 is 0 Å². The fourth-order valence-corrected chi connectivity index (χ4v) is 5.44. The third-order valence-electron chi connectivity index (χ3n) is 5.92. The maximum absolute atomic E-state index is 13.0. The number of hydrogen-bond donors (Lipinski definition) is 1. The van der Waals surface area contributed by atoms with Crippen LogP contribution >= 0.6 is 0 Å². The number of carbonyl (C=O) groups is 2. The molecule has 0 aliphatic carbocycles. The molecular formula is C25H33N3O5S. The van der Waals surface area contributed by atoms with Crippen molar-refractivity contribution < 1.29 is 22.7 Å². The minimum Gasteiger partial charge on any atom is -0.452 e. The fourth-order valence-electron chi connectivity index (χ4n) is 3.95. The molecule has 0 bridgehead atoms. The van der Waals surface area contributed by atoms with E-state index < -0.39 is 28.5 Å². The highest BCUT2D eigenvalue weighted by molar-refractivity contribution is 7.89. The van der Waals surface area contributed by atoms with E-state index in [1.54, 1.807) is 19.9 Å². The Hall–Kier alpha value is -2.91. The van der Waals surface area contributed by atoms with E-state index in [1.165, 1.54) is 16.4 Å². The fraction of sp³-hybridized carbons (Fsp3) is 0.440. The van der Waals surface area contributed by atoms with Crippen LogP contribution in [0.15, 0.2) is 47.4 Å².